The van der Waals surface area contributed by atoms with Gasteiger partial charge in [0.05, 0.1) is 6.07 Å². The fourth-order valence-electron chi connectivity index (χ4n) is 0.738. The monoisotopic (exact) mass is 147 g/mol. The molecular weight excluding hydrogens is 138 g/mol. The summed E-state index contributed by atoms with van der Waals surface area (Å²) in [5.74, 6) is 0. The highest BCUT2D eigenvalue weighted by atomic mass is 14.7. The Morgan fingerprint density at radius 3 is 2.82 bits per heavy atom. The molecule has 0 spiro atoms. The molecule has 1 rings (SSSR count). The molecule has 3 nitrogen and oxygen atoms in total. The van der Waals surface area contributed by atoms with E-state index in [0.29, 0.717) is 5.70 Å². The molecule has 0 aromatic rings. The number of nitrogens with two attached hydrogens (primary N) is 2. The second kappa shape index (κ2) is 2.60. The third-order valence-corrected chi connectivity index (χ3v) is 1.41. The highest BCUT2D eigenvalue weighted by molar-refractivity contribution is 5.38. The van der Waals surface area contributed by atoms with Crippen LogP contribution < -0.4 is 11.5 Å². The van der Waals surface area contributed by atoms with Crippen LogP contribution in [-0.2, 0) is 0 Å². The number of hydrogen-bond donors (Lipinski definition) is 2. The van der Waals surface area contributed by atoms with Crippen LogP contribution in [0.1, 0.15) is 0 Å². The normalized spacial score (nSPS) is 28.9. The summed E-state index contributed by atoms with van der Waals surface area (Å²) in [7, 11) is 0. The van der Waals surface area contributed by atoms with Crippen molar-refractivity contribution in [1.29, 1.82) is 5.26 Å². The maximum absolute atomic E-state index is 8.62. The van der Waals surface area contributed by atoms with Crippen LogP contribution >= 0.6 is 0 Å². The van der Waals surface area contributed by atoms with Gasteiger partial charge >= 0.3 is 0 Å². The van der Waals surface area contributed by atoms with E-state index < -0.39 is 5.54 Å². The first kappa shape index (κ1) is 7.58. The number of nitrogens with zero attached hydrogens (tertiary/aromatic N) is 1. The maximum Gasteiger partial charge on any atom is 0.142 e. The SMILES string of the molecule is N#CC1(N)C=CC=C(N)C=C1. The van der Waals surface area contributed by atoms with Gasteiger partial charge in [0, 0.05) is 5.70 Å². The summed E-state index contributed by atoms with van der Waals surface area (Å²) in [6, 6.07) is 1.96. The van der Waals surface area contributed by atoms with Gasteiger partial charge in [-0.05, 0) is 24.3 Å². The molecule has 0 amide bonds. The van der Waals surface area contributed by atoms with E-state index in [1.807, 2.05) is 6.07 Å². The van der Waals surface area contributed by atoms with E-state index >= 15 is 0 Å². The Hall–Kier alpha value is -1.53. The number of nitriles is 1. The Bertz CT molecular complexity index is 280. The van der Waals surface area contributed by atoms with Gasteiger partial charge < -0.3 is 11.5 Å². The summed E-state index contributed by atoms with van der Waals surface area (Å²) >= 11 is 0. The van der Waals surface area contributed by atoms with Crippen molar-refractivity contribution < 1.29 is 0 Å². The van der Waals surface area contributed by atoms with E-state index in [1.165, 1.54) is 0 Å². The van der Waals surface area contributed by atoms with Crippen LogP contribution in [0.4, 0.5) is 0 Å². The van der Waals surface area contributed by atoms with Crippen LogP contribution in [-0.4, -0.2) is 5.54 Å². The first-order valence-electron chi connectivity index (χ1n) is 3.21. The van der Waals surface area contributed by atoms with Gasteiger partial charge in [0.1, 0.15) is 5.54 Å². The van der Waals surface area contributed by atoms with Crippen molar-refractivity contribution >= 4 is 0 Å². The molecule has 0 saturated heterocycles. The van der Waals surface area contributed by atoms with Gasteiger partial charge in [0.2, 0.25) is 0 Å². The van der Waals surface area contributed by atoms with Crippen LogP contribution in [0.3, 0.4) is 0 Å². The average molecular weight is 147 g/mol. The molecule has 0 saturated carbocycles. The molecule has 0 radical (unpaired) electrons. The standard InChI is InChI=1S/C8H9N3/c9-6-8(11)4-1-2-7(10)3-5-8/h1-5H,10-11H2. The summed E-state index contributed by atoms with van der Waals surface area (Å²) < 4.78 is 0. The molecule has 0 heterocycles. The maximum atomic E-state index is 8.62. The molecular formula is C8H9N3. The predicted molar refractivity (Wildman–Crippen MR) is 43.1 cm³/mol. The van der Waals surface area contributed by atoms with Gasteiger partial charge in [-0.15, -0.1) is 0 Å². The average Bonchev–Trinajstić information content (AvgIpc) is 2.15. The van der Waals surface area contributed by atoms with Crippen molar-refractivity contribution in [3.05, 3.63) is 36.1 Å². The molecule has 56 valence electrons. The number of rotatable bonds is 0. The Kier molecular flexibility index (Phi) is 1.79. The Balaban J connectivity index is 2.98. The molecule has 1 unspecified atom stereocenters. The van der Waals surface area contributed by atoms with Crippen molar-refractivity contribution in [2.45, 2.75) is 5.54 Å². The van der Waals surface area contributed by atoms with Crippen molar-refractivity contribution in [2.75, 3.05) is 0 Å². The minimum atomic E-state index is -1.00. The Morgan fingerprint density at radius 2 is 2.18 bits per heavy atom. The molecule has 1 aliphatic carbocycles. The van der Waals surface area contributed by atoms with Crippen LogP contribution in [0.2, 0.25) is 0 Å². The first-order valence-corrected chi connectivity index (χ1v) is 3.21. The molecule has 0 bridgehead atoms. The lowest BCUT2D eigenvalue weighted by molar-refractivity contribution is 0.841. The minimum Gasteiger partial charge on any atom is -0.399 e. The molecule has 3 heteroatoms. The lowest BCUT2D eigenvalue weighted by Gasteiger charge is -2.08. The fourth-order valence-corrected chi connectivity index (χ4v) is 0.738. The molecule has 1 aliphatic rings. The zero-order valence-corrected chi connectivity index (χ0v) is 5.99. The van der Waals surface area contributed by atoms with E-state index in [1.54, 1.807) is 30.4 Å². The van der Waals surface area contributed by atoms with Crippen molar-refractivity contribution in [3.8, 4) is 6.07 Å². The summed E-state index contributed by atoms with van der Waals surface area (Å²) in [6.45, 7) is 0. The van der Waals surface area contributed by atoms with Crippen molar-refractivity contribution in [2.24, 2.45) is 11.5 Å². The predicted octanol–water partition coefficient (Wildman–Crippen LogP) is 0.176. The summed E-state index contributed by atoms with van der Waals surface area (Å²) in [5.41, 5.74) is 10.7. The van der Waals surface area contributed by atoms with Gasteiger partial charge in [0.25, 0.3) is 0 Å². The molecule has 0 aromatic carbocycles. The number of allylic oxidation sites excluding steroid dienone is 3. The van der Waals surface area contributed by atoms with Crippen LogP contribution in [0.15, 0.2) is 36.1 Å². The van der Waals surface area contributed by atoms with Gasteiger partial charge in [-0.3, -0.25) is 0 Å². The van der Waals surface area contributed by atoms with E-state index in [9.17, 15) is 0 Å². The van der Waals surface area contributed by atoms with E-state index in [-0.39, 0.29) is 0 Å². The van der Waals surface area contributed by atoms with Gasteiger partial charge in [-0.1, -0.05) is 6.08 Å². The second-order valence-corrected chi connectivity index (χ2v) is 2.40. The minimum absolute atomic E-state index is 0.601. The fraction of sp³-hybridized carbons (Fsp3) is 0.125. The summed E-state index contributed by atoms with van der Waals surface area (Å²) in [6.07, 6.45) is 8.18. The molecule has 0 aromatic heterocycles. The third-order valence-electron chi connectivity index (χ3n) is 1.41. The summed E-state index contributed by atoms with van der Waals surface area (Å²) in [4.78, 5) is 0. The van der Waals surface area contributed by atoms with Crippen LogP contribution in [0, 0.1) is 11.3 Å². The molecule has 0 fully saturated rings. The van der Waals surface area contributed by atoms with Crippen LogP contribution in [0.5, 0.6) is 0 Å². The highest BCUT2D eigenvalue weighted by Crippen LogP contribution is 2.08. The first-order chi connectivity index (χ1) is 5.16. The topological polar surface area (TPSA) is 75.8 Å². The third kappa shape index (κ3) is 1.69. The molecule has 0 aliphatic heterocycles. The molecule has 11 heavy (non-hydrogen) atoms. The lowest BCUT2D eigenvalue weighted by atomic mass is 10.0. The van der Waals surface area contributed by atoms with Crippen molar-refractivity contribution in [1.82, 2.24) is 0 Å². The summed E-state index contributed by atoms with van der Waals surface area (Å²) in [5, 5.41) is 8.62. The molecule has 1 atom stereocenters. The van der Waals surface area contributed by atoms with E-state index in [0.717, 1.165) is 0 Å². The zero-order chi connectivity index (χ0) is 8.32. The van der Waals surface area contributed by atoms with Gasteiger partial charge in [-0.2, -0.15) is 5.26 Å². The largest absolute Gasteiger partial charge is 0.399 e. The zero-order valence-electron chi connectivity index (χ0n) is 5.99. The Morgan fingerprint density at radius 1 is 1.45 bits per heavy atom. The second-order valence-electron chi connectivity index (χ2n) is 2.40. The van der Waals surface area contributed by atoms with Crippen LogP contribution in [0.25, 0.3) is 0 Å². The van der Waals surface area contributed by atoms with Gasteiger partial charge in [-0.25, -0.2) is 0 Å². The van der Waals surface area contributed by atoms with E-state index in [2.05, 4.69) is 0 Å². The number of hydrogen-bond acceptors (Lipinski definition) is 3. The van der Waals surface area contributed by atoms with E-state index in [4.69, 9.17) is 16.7 Å². The smallest absolute Gasteiger partial charge is 0.142 e. The Labute approximate surface area is 65.3 Å². The van der Waals surface area contributed by atoms with Gasteiger partial charge in [0.15, 0.2) is 0 Å². The molecule has 4 N–H and O–H groups in total. The highest BCUT2D eigenvalue weighted by Gasteiger charge is 2.16. The quantitative estimate of drug-likeness (QED) is 0.513. The van der Waals surface area contributed by atoms with Crippen molar-refractivity contribution in [3.63, 3.8) is 0 Å². The lowest BCUT2D eigenvalue weighted by Crippen LogP contribution is -2.32.